The molecule has 0 unspecified atom stereocenters. The molecule has 0 aliphatic rings. The molecule has 0 bridgehead atoms. The van der Waals surface area contributed by atoms with Crippen molar-refractivity contribution in [3.05, 3.63) is 47.1 Å². The first kappa shape index (κ1) is 14.5. The van der Waals surface area contributed by atoms with Crippen LogP contribution in [0.15, 0.2) is 40.7 Å². The van der Waals surface area contributed by atoms with E-state index in [9.17, 15) is 9.18 Å². The minimum Gasteiger partial charge on any atom is -0.289 e. The number of aliphatic imine (C=N–C) groups is 1. The molecule has 0 amide bonds. The number of nitrogens with zero attached hydrogens (tertiary/aromatic N) is 2. The maximum atomic E-state index is 12.7. The summed E-state index contributed by atoms with van der Waals surface area (Å²) >= 11 is 2.51. The van der Waals surface area contributed by atoms with Crippen LogP contribution in [0.4, 0.5) is 4.39 Å². The molecule has 0 N–H and O–H groups in total. The van der Waals surface area contributed by atoms with Crippen LogP contribution in [0.25, 0.3) is 0 Å². The van der Waals surface area contributed by atoms with Gasteiger partial charge < -0.3 is 0 Å². The van der Waals surface area contributed by atoms with Gasteiger partial charge in [-0.25, -0.2) is 4.39 Å². The minimum absolute atomic E-state index is 0.222. The molecule has 0 saturated carbocycles. The molecule has 18 heavy (non-hydrogen) atoms. The van der Waals surface area contributed by atoms with Gasteiger partial charge in [-0.05, 0) is 42.0 Å². The van der Waals surface area contributed by atoms with Crippen molar-refractivity contribution in [1.29, 1.82) is 5.26 Å². The number of carbonyl (C=O) groups is 1. The maximum absolute atomic E-state index is 12.7. The zero-order valence-corrected chi connectivity index (χ0v) is 11.1. The Labute approximate surface area is 113 Å². The zero-order chi connectivity index (χ0) is 13.4. The second-order valence-corrected chi connectivity index (χ2v) is 4.92. The van der Waals surface area contributed by atoms with Gasteiger partial charge in [0.15, 0.2) is 5.78 Å². The fraction of sp³-hybridized carbons (Fsp3) is 0.0833. The van der Waals surface area contributed by atoms with Crippen LogP contribution in [0, 0.1) is 17.3 Å². The lowest BCUT2D eigenvalue weighted by molar-refractivity contribution is 0.104. The lowest BCUT2D eigenvalue weighted by Gasteiger charge is -1.96. The summed E-state index contributed by atoms with van der Waals surface area (Å²) in [4.78, 5) is 15.2. The molecule has 6 heteroatoms. The van der Waals surface area contributed by atoms with Gasteiger partial charge in [0.05, 0.1) is 0 Å². The molecule has 1 aromatic rings. The third-order valence-corrected chi connectivity index (χ3v) is 3.63. The Morgan fingerprint density at radius 3 is 2.67 bits per heavy atom. The molecule has 0 radical (unpaired) electrons. The van der Waals surface area contributed by atoms with Crippen molar-refractivity contribution in [2.24, 2.45) is 4.99 Å². The number of hydrogen-bond donors (Lipinski definition) is 0. The Kier molecular flexibility index (Phi) is 6.19. The lowest BCUT2D eigenvalue weighted by Crippen LogP contribution is -1.93. The largest absolute Gasteiger partial charge is 0.289 e. The highest BCUT2D eigenvalue weighted by Gasteiger charge is 2.02. The van der Waals surface area contributed by atoms with E-state index < -0.39 is 0 Å². The van der Waals surface area contributed by atoms with E-state index in [-0.39, 0.29) is 11.6 Å². The van der Waals surface area contributed by atoms with E-state index in [0.29, 0.717) is 9.94 Å². The predicted molar refractivity (Wildman–Crippen MR) is 74.0 cm³/mol. The Morgan fingerprint density at radius 2 is 2.11 bits per heavy atom. The van der Waals surface area contributed by atoms with Crippen molar-refractivity contribution in [1.82, 2.24) is 0 Å². The molecule has 0 fully saturated rings. The van der Waals surface area contributed by atoms with Gasteiger partial charge in [0.25, 0.3) is 0 Å². The monoisotopic (exact) mass is 280 g/mol. The van der Waals surface area contributed by atoms with E-state index in [1.165, 1.54) is 53.9 Å². The summed E-state index contributed by atoms with van der Waals surface area (Å²) in [7, 11) is 0. The number of carbonyl (C=O) groups excluding carboxylic acids is 1. The van der Waals surface area contributed by atoms with Gasteiger partial charge in [-0.15, -0.1) is 11.8 Å². The fourth-order valence-electron chi connectivity index (χ4n) is 1.03. The second kappa shape index (κ2) is 7.69. The summed E-state index contributed by atoms with van der Waals surface area (Å²) < 4.78 is 13.2. The van der Waals surface area contributed by atoms with Gasteiger partial charge in [0, 0.05) is 5.56 Å². The normalized spacial score (nSPS) is 11.5. The second-order valence-electron chi connectivity index (χ2n) is 2.97. The zero-order valence-electron chi connectivity index (χ0n) is 9.46. The minimum atomic E-state index is -0.379. The third-order valence-electron chi connectivity index (χ3n) is 1.83. The van der Waals surface area contributed by atoms with Crippen LogP contribution in [0.3, 0.4) is 0 Å². The van der Waals surface area contributed by atoms with E-state index in [1.54, 1.807) is 17.9 Å². The van der Waals surface area contributed by atoms with Crippen LogP contribution in [0.2, 0.25) is 0 Å². The van der Waals surface area contributed by atoms with Crippen molar-refractivity contribution >= 4 is 33.7 Å². The lowest BCUT2D eigenvalue weighted by atomic mass is 10.1. The van der Waals surface area contributed by atoms with Gasteiger partial charge in [-0.2, -0.15) is 10.3 Å². The molecule has 0 saturated heterocycles. The van der Waals surface area contributed by atoms with Crippen LogP contribution >= 0.6 is 23.5 Å². The van der Waals surface area contributed by atoms with E-state index in [1.807, 2.05) is 0 Å². The van der Waals surface area contributed by atoms with Gasteiger partial charge in [-0.1, -0.05) is 11.8 Å². The van der Waals surface area contributed by atoms with E-state index >= 15 is 0 Å². The van der Waals surface area contributed by atoms with Crippen LogP contribution < -0.4 is 0 Å². The van der Waals surface area contributed by atoms with Crippen LogP contribution in [-0.4, -0.2) is 16.4 Å². The van der Waals surface area contributed by atoms with Crippen LogP contribution in [0.5, 0.6) is 0 Å². The number of benzene rings is 1. The summed E-state index contributed by atoms with van der Waals surface area (Å²) in [5.41, 5.74) is 0.413. The Balaban J connectivity index is 2.63. The molecule has 1 rings (SSSR count). The predicted octanol–water partition coefficient (Wildman–Crippen LogP) is 3.46. The molecule has 3 nitrogen and oxygen atoms in total. The number of ketones is 1. The van der Waals surface area contributed by atoms with E-state index in [0.717, 1.165) is 0 Å². The summed E-state index contributed by atoms with van der Waals surface area (Å²) in [5, 5.41) is 9.94. The highest BCUT2D eigenvalue weighted by atomic mass is 32.2. The van der Waals surface area contributed by atoms with Crippen LogP contribution in [0.1, 0.15) is 10.4 Å². The van der Waals surface area contributed by atoms with Crippen molar-refractivity contribution in [3.8, 4) is 6.19 Å². The number of thioether (sulfide) groups is 2. The SMILES string of the molecule is CSC(=NC#N)SC=CC(=O)c1ccc(F)cc1. The first-order valence-electron chi connectivity index (χ1n) is 4.81. The Morgan fingerprint density at radius 1 is 1.44 bits per heavy atom. The number of nitriles is 1. The smallest absolute Gasteiger partial charge is 0.207 e. The number of allylic oxidation sites excluding steroid dienone is 1. The molecular formula is C12H9FN2OS2. The highest BCUT2D eigenvalue weighted by Crippen LogP contribution is 2.16. The molecule has 0 spiro atoms. The number of rotatable bonds is 3. The average molecular weight is 280 g/mol. The molecule has 1 aromatic carbocycles. The van der Waals surface area contributed by atoms with Gasteiger partial charge in [0.1, 0.15) is 10.2 Å². The van der Waals surface area contributed by atoms with Crippen LogP contribution in [-0.2, 0) is 0 Å². The number of halogens is 1. The summed E-state index contributed by atoms with van der Waals surface area (Å²) in [6, 6.07) is 5.31. The highest BCUT2D eigenvalue weighted by molar-refractivity contribution is 8.39. The molecule has 92 valence electrons. The van der Waals surface area contributed by atoms with E-state index in [4.69, 9.17) is 5.26 Å². The Hall–Kier alpha value is -1.58. The summed E-state index contributed by atoms with van der Waals surface area (Å²) in [6.45, 7) is 0. The average Bonchev–Trinajstić information content (AvgIpc) is 2.38. The number of hydrogen-bond acceptors (Lipinski definition) is 5. The van der Waals surface area contributed by atoms with Crippen molar-refractivity contribution in [3.63, 3.8) is 0 Å². The molecule has 0 aliphatic heterocycles. The maximum Gasteiger partial charge on any atom is 0.207 e. The molecule has 0 aromatic heterocycles. The molecule has 0 heterocycles. The quantitative estimate of drug-likeness (QED) is 0.280. The standard InChI is InChI=1S/C12H9FN2OS2/c1-17-12(15-8-14)18-7-6-11(16)9-2-4-10(13)5-3-9/h2-7H,1H3. The Bertz CT molecular complexity index is 518. The van der Waals surface area contributed by atoms with Gasteiger partial charge in [-0.3, -0.25) is 4.79 Å². The third kappa shape index (κ3) is 4.73. The van der Waals surface area contributed by atoms with Crippen molar-refractivity contribution < 1.29 is 9.18 Å². The van der Waals surface area contributed by atoms with E-state index in [2.05, 4.69) is 4.99 Å². The summed E-state index contributed by atoms with van der Waals surface area (Å²) in [6.07, 6.45) is 4.83. The van der Waals surface area contributed by atoms with Crippen molar-refractivity contribution in [2.45, 2.75) is 0 Å². The fourth-order valence-corrected chi connectivity index (χ4v) is 2.11. The topological polar surface area (TPSA) is 53.2 Å². The molecular weight excluding hydrogens is 271 g/mol. The first-order chi connectivity index (χ1) is 8.67. The molecule has 0 aliphatic carbocycles. The summed E-state index contributed by atoms with van der Waals surface area (Å²) in [5.74, 6) is -0.601. The van der Waals surface area contributed by atoms with Gasteiger partial charge >= 0.3 is 0 Å². The van der Waals surface area contributed by atoms with Gasteiger partial charge in [0.2, 0.25) is 6.19 Å². The first-order valence-corrected chi connectivity index (χ1v) is 6.91. The molecule has 0 atom stereocenters. The van der Waals surface area contributed by atoms with Crippen molar-refractivity contribution in [2.75, 3.05) is 6.26 Å².